The van der Waals surface area contributed by atoms with Crippen molar-refractivity contribution >= 4 is 12.6 Å². The van der Waals surface area contributed by atoms with Gasteiger partial charge in [-0.15, -0.1) is 0 Å². The average Bonchev–Trinajstić information content (AvgIpc) is 2.65. The first kappa shape index (κ1) is 16.3. The Morgan fingerprint density at radius 2 is 1.81 bits per heavy atom. The molecule has 0 radical (unpaired) electrons. The molecular weight excluding hydrogens is 265 g/mol. The molecule has 2 heterocycles. The molecule has 0 bridgehead atoms. The van der Waals surface area contributed by atoms with E-state index in [0.717, 1.165) is 17.6 Å². The van der Waals surface area contributed by atoms with Crippen LogP contribution in [0.5, 0.6) is 5.75 Å². The summed E-state index contributed by atoms with van der Waals surface area (Å²) in [6.45, 7) is 13.2. The summed E-state index contributed by atoms with van der Waals surface area (Å²) in [7, 11) is -0.394. The normalized spacial score (nSPS) is 21.3. The van der Waals surface area contributed by atoms with Gasteiger partial charge < -0.3 is 14.0 Å². The predicted octanol–water partition coefficient (Wildman–Crippen LogP) is 2.81. The van der Waals surface area contributed by atoms with Crippen molar-refractivity contribution in [1.82, 2.24) is 4.98 Å². The summed E-state index contributed by atoms with van der Waals surface area (Å²) in [6, 6.07) is 1.96. The van der Waals surface area contributed by atoms with E-state index in [1.165, 1.54) is 0 Å². The van der Waals surface area contributed by atoms with E-state index in [4.69, 9.17) is 14.0 Å². The zero-order valence-electron chi connectivity index (χ0n) is 14.0. The van der Waals surface area contributed by atoms with Crippen molar-refractivity contribution < 1.29 is 14.0 Å². The third-order valence-electron chi connectivity index (χ3n) is 4.49. The zero-order valence-corrected chi connectivity index (χ0v) is 14.0. The zero-order chi connectivity index (χ0) is 15.7. The van der Waals surface area contributed by atoms with E-state index in [-0.39, 0.29) is 11.2 Å². The van der Waals surface area contributed by atoms with Gasteiger partial charge in [0.2, 0.25) is 0 Å². The maximum Gasteiger partial charge on any atom is 0.496 e. The number of ether oxygens (including phenoxy) is 1. The molecule has 0 saturated carbocycles. The number of aromatic nitrogens is 1. The Labute approximate surface area is 128 Å². The second-order valence-electron chi connectivity index (χ2n) is 6.87. The number of rotatable bonds is 5. The van der Waals surface area contributed by atoms with Crippen LogP contribution < -0.4 is 10.2 Å². The fraction of sp³-hybridized carbons (Fsp3) is 0.688. The maximum absolute atomic E-state index is 6.03. The van der Waals surface area contributed by atoms with Crippen LogP contribution >= 0.6 is 0 Å². The third kappa shape index (κ3) is 3.58. The van der Waals surface area contributed by atoms with Crippen molar-refractivity contribution in [2.45, 2.75) is 59.2 Å². The van der Waals surface area contributed by atoms with E-state index in [0.29, 0.717) is 12.5 Å². The van der Waals surface area contributed by atoms with Gasteiger partial charge in [-0.05, 0) is 39.7 Å². The molecule has 116 valence electrons. The molecule has 1 saturated heterocycles. The first-order valence-corrected chi connectivity index (χ1v) is 7.68. The van der Waals surface area contributed by atoms with Crippen LogP contribution in [0.15, 0.2) is 18.5 Å². The second kappa shape index (κ2) is 5.97. The first-order chi connectivity index (χ1) is 9.75. The molecule has 1 fully saturated rings. The van der Waals surface area contributed by atoms with Gasteiger partial charge >= 0.3 is 7.12 Å². The highest BCUT2D eigenvalue weighted by atomic mass is 16.7. The molecule has 2 rings (SSSR count). The molecule has 0 spiro atoms. The van der Waals surface area contributed by atoms with E-state index >= 15 is 0 Å². The molecule has 5 heteroatoms. The first-order valence-electron chi connectivity index (χ1n) is 7.68. The average molecular weight is 291 g/mol. The number of hydrogen-bond acceptors (Lipinski definition) is 4. The van der Waals surface area contributed by atoms with Crippen LogP contribution in [0.25, 0.3) is 0 Å². The standard InChI is InChI=1S/C16H26BNO3/c1-7-12(2)11-19-14-8-13(9-18-10-14)17-20-15(3,4)16(5,6)21-17/h8-10,12H,7,11H2,1-6H3. The van der Waals surface area contributed by atoms with E-state index in [2.05, 4.69) is 18.8 Å². The van der Waals surface area contributed by atoms with E-state index in [1.807, 2.05) is 33.8 Å². The van der Waals surface area contributed by atoms with Gasteiger partial charge in [-0.25, -0.2) is 0 Å². The number of pyridine rings is 1. The fourth-order valence-corrected chi connectivity index (χ4v) is 1.98. The Kier molecular flexibility index (Phi) is 4.64. The molecule has 0 N–H and O–H groups in total. The van der Waals surface area contributed by atoms with Crippen molar-refractivity contribution in [2.24, 2.45) is 5.92 Å². The van der Waals surface area contributed by atoms with Crippen LogP contribution in [-0.4, -0.2) is 29.9 Å². The van der Waals surface area contributed by atoms with Crippen LogP contribution in [0.4, 0.5) is 0 Å². The minimum absolute atomic E-state index is 0.342. The summed E-state index contributed by atoms with van der Waals surface area (Å²) < 4.78 is 17.9. The molecule has 1 unspecified atom stereocenters. The lowest BCUT2D eigenvalue weighted by atomic mass is 9.80. The summed E-state index contributed by atoms with van der Waals surface area (Å²) >= 11 is 0. The van der Waals surface area contributed by atoms with Gasteiger partial charge in [0, 0.05) is 11.7 Å². The highest BCUT2D eigenvalue weighted by Crippen LogP contribution is 2.36. The Morgan fingerprint density at radius 3 is 2.38 bits per heavy atom. The van der Waals surface area contributed by atoms with Crippen molar-refractivity contribution in [3.8, 4) is 5.75 Å². The van der Waals surface area contributed by atoms with Gasteiger partial charge in [0.25, 0.3) is 0 Å². The van der Waals surface area contributed by atoms with Crippen molar-refractivity contribution in [3.63, 3.8) is 0 Å². The van der Waals surface area contributed by atoms with Crippen molar-refractivity contribution in [1.29, 1.82) is 0 Å². The van der Waals surface area contributed by atoms with E-state index < -0.39 is 7.12 Å². The number of nitrogens with zero attached hydrogens (tertiary/aromatic N) is 1. The largest absolute Gasteiger partial charge is 0.496 e. The summed E-state index contributed by atoms with van der Waals surface area (Å²) in [6.07, 6.45) is 4.61. The van der Waals surface area contributed by atoms with Crippen molar-refractivity contribution in [3.05, 3.63) is 18.5 Å². The lowest BCUT2D eigenvalue weighted by molar-refractivity contribution is 0.00578. The lowest BCUT2D eigenvalue weighted by Crippen LogP contribution is -2.41. The highest BCUT2D eigenvalue weighted by molar-refractivity contribution is 6.62. The molecule has 1 aliphatic rings. The summed E-state index contributed by atoms with van der Waals surface area (Å²) in [5.74, 6) is 1.30. The van der Waals surface area contributed by atoms with E-state index in [9.17, 15) is 0 Å². The molecule has 1 atom stereocenters. The topological polar surface area (TPSA) is 40.6 Å². The second-order valence-corrected chi connectivity index (χ2v) is 6.87. The van der Waals surface area contributed by atoms with Gasteiger partial charge in [-0.2, -0.15) is 0 Å². The monoisotopic (exact) mass is 291 g/mol. The SMILES string of the molecule is CCC(C)COc1cncc(B2OC(C)(C)C(C)(C)O2)c1. The highest BCUT2D eigenvalue weighted by Gasteiger charge is 2.51. The Balaban J connectivity index is 2.08. The van der Waals surface area contributed by atoms with Gasteiger partial charge in [0.05, 0.1) is 24.0 Å². The van der Waals surface area contributed by atoms with Crippen LogP contribution in [0.3, 0.4) is 0 Å². The third-order valence-corrected chi connectivity index (χ3v) is 4.49. The molecule has 21 heavy (non-hydrogen) atoms. The Bertz CT molecular complexity index is 474. The number of hydrogen-bond donors (Lipinski definition) is 0. The fourth-order valence-electron chi connectivity index (χ4n) is 1.98. The minimum Gasteiger partial charge on any atom is -0.492 e. The Morgan fingerprint density at radius 1 is 1.19 bits per heavy atom. The molecule has 1 aromatic heterocycles. The quantitative estimate of drug-likeness (QED) is 0.782. The van der Waals surface area contributed by atoms with Crippen LogP contribution in [0.2, 0.25) is 0 Å². The summed E-state index contributed by atoms with van der Waals surface area (Å²) in [5.41, 5.74) is 0.214. The van der Waals surface area contributed by atoms with Gasteiger partial charge in [0.15, 0.2) is 0 Å². The van der Waals surface area contributed by atoms with Crippen LogP contribution in [0, 0.1) is 5.92 Å². The molecule has 0 aromatic carbocycles. The van der Waals surface area contributed by atoms with Gasteiger partial charge in [0.1, 0.15) is 5.75 Å². The molecule has 4 nitrogen and oxygen atoms in total. The van der Waals surface area contributed by atoms with Gasteiger partial charge in [-0.3, -0.25) is 4.98 Å². The summed E-state index contributed by atoms with van der Waals surface area (Å²) in [4.78, 5) is 4.24. The van der Waals surface area contributed by atoms with Crippen LogP contribution in [0.1, 0.15) is 48.0 Å². The molecule has 0 amide bonds. The molecular formula is C16H26BNO3. The Hall–Kier alpha value is -1.07. The van der Waals surface area contributed by atoms with Crippen LogP contribution in [-0.2, 0) is 9.31 Å². The minimum atomic E-state index is -0.394. The van der Waals surface area contributed by atoms with Gasteiger partial charge in [-0.1, -0.05) is 20.3 Å². The predicted molar refractivity (Wildman–Crippen MR) is 84.9 cm³/mol. The maximum atomic E-state index is 6.03. The van der Waals surface area contributed by atoms with Crippen molar-refractivity contribution in [2.75, 3.05) is 6.61 Å². The lowest BCUT2D eigenvalue weighted by Gasteiger charge is -2.32. The molecule has 1 aromatic rings. The molecule has 1 aliphatic heterocycles. The molecule has 0 aliphatic carbocycles. The van der Waals surface area contributed by atoms with E-state index in [1.54, 1.807) is 12.4 Å². The smallest absolute Gasteiger partial charge is 0.492 e. The summed E-state index contributed by atoms with van der Waals surface area (Å²) in [5, 5.41) is 0.